The zero-order valence-electron chi connectivity index (χ0n) is 12.4. The van der Waals surface area contributed by atoms with Gasteiger partial charge >= 0.3 is 0 Å². The molecule has 2 amide bonds. The molecule has 7 heteroatoms. The minimum atomic E-state index is -0.466. The Morgan fingerprint density at radius 1 is 1.12 bits per heavy atom. The van der Waals surface area contributed by atoms with Crippen molar-refractivity contribution in [2.75, 3.05) is 16.8 Å². The third kappa shape index (κ3) is 3.51. The van der Waals surface area contributed by atoms with Crippen molar-refractivity contribution >= 4 is 58.0 Å². The first kappa shape index (κ1) is 17.1. The molecule has 1 aliphatic heterocycles. The van der Waals surface area contributed by atoms with Crippen LogP contribution in [0.25, 0.3) is 0 Å². The lowest BCUT2D eigenvalue weighted by molar-refractivity contribution is -0.122. The molecule has 2 aromatic carbocycles. The van der Waals surface area contributed by atoms with E-state index in [-0.39, 0.29) is 24.8 Å². The SMILES string of the molecule is O=C(Nc1cccc(Cl)c1)C1CC(=O)N(c2cccc(Cl)c2Cl)C1. The number of nitrogens with zero attached hydrogens (tertiary/aromatic N) is 1. The molecule has 0 spiro atoms. The van der Waals surface area contributed by atoms with Gasteiger partial charge in [0.15, 0.2) is 0 Å². The molecule has 1 aliphatic rings. The van der Waals surface area contributed by atoms with Gasteiger partial charge in [-0.05, 0) is 30.3 Å². The first-order chi connectivity index (χ1) is 11.5. The third-order valence-corrected chi connectivity index (χ3v) is 4.85. The Morgan fingerprint density at radius 2 is 1.88 bits per heavy atom. The number of hydrogen-bond donors (Lipinski definition) is 1. The van der Waals surface area contributed by atoms with E-state index in [0.29, 0.717) is 26.4 Å². The average Bonchev–Trinajstić information content (AvgIpc) is 2.92. The molecule has 1 N–H and O–H groups in total. The highest BCUT2D eigenvalue weighted by atomic mass is 35.5. The molecule has 1 saturated heterocycles. The maximum atomic E-state index is 12.4. The Hall–Kier alpha value is -1.75. The molecule has 0 radical (unpaired) electrons. The van der Waals surface area contributed by atoms with Crippen molar-refractivity contribution in [3.05, 3.63) is 57.5 Å². The third-order valence-electron chi connectivity index (χ3n) is 3.81. The van der Waals surface area contributed by atoms with E-state index < -0.39 is 5.92 Å². The monoisotopic (exact) mass is 382 g/mol. The first-order valence-electron chi connectivity index (χ1n) is 7.26. The molecule has 2 aromatic rings. The van der Waals surface area contributed by atoms with Crippen molar-refractivity contribution < 1.29 is 9.59 Å². The fraction of sp³-hybridized carbons (Fsp3) is 0.176. The molecule has 0 aliphatic carbocycles. The molecule has 1 heterocycles. The van der Waals surface area contributed by atoms with Crippen LogP contribution in [0, 0.1) is 5.92 Å². The Kier molecular flexibility index (Phi) is 4.99. The van der Waals surface area contributed by atoms with Gasteiger partial charge in [0.2, 0.25) is 11.8 Å². The Bertz CT molecular complexity index is 810. The quantitative estimate of drug-likeness (QED) is 0.839. The summed E-state index contributed by atoms with van der Waals surface area (Å²) in [5, 5.41) is 3.99. The molecular weight excluding hydrogens is 371 g/mol. The Labute approximate surface area is 154 Å². The number of carbonyl (C=O) groups excluding carboxylic acids is 2. The first-order valence-corrected chi connectivity index (χ1v) is 8.40. The predicted octanol–water partition coefficient (Wildman–Crippen LogP) is 4.64. The van der Waals surface area contributed by atoms with Gasteiger partial charge in [-0.15, -0.1) is 0 Å². The number of carbonyl (C=O) groups is 2. The van der Waals surface area contributed by atoms with Crippen molar-refractivity contribution in [3.63, 3.8) is 0 Å². The van der Waals surface area contributed by atoms with Crippen LogP contribution in [-0.2, 0) is 9.59 Å². The minimum Gasteiger partial charge on any atom is -0.326 e. The van der Waals surface area contributed by atoms with Crippen molar-refractivity contribution in [2.24, 2.45) is 5.92 Å². The van der Waals surface area contributed by atoms with Crippen LogP contribution >= 0.6 is 34.8 Å². The topological polar surface area (TPSA) is 49.4 Å². The lowest BCUT2D eigenvalue weighted by Gasteiger charge is -2.18. The van der Waals surface area contributed by atoms with Crippen LogP contribution in [0.5, 0.6) is 0 Å². The second kappa shape index (κ2) is 7.01. The summed E-state index contributed by atoms with van der Waals surface area (Å²) in [5.74, 6) is -0.858. The van der Waals surface area contributed by atoms with Crippen LogP contribution in [0.1, 0.15) is 6.42 Å². The van der Waals surface area contributed by atoms with Gasteiger partial charge in [-0.1, -0.05) is 46.9 Å². The van der Waals surface area contributed by atoms with Crippen LogP contribution < -0.4 is 10.2 Å². The van der Waals surface area contributed by atoms with Gasteiger partial charge < -0.3 is 10.2 Å². The zero-order chi connectivity index (χ0) is 17.3. The molecule has 1 unspecified atom stereocenters. The van der Waals surface area contributed by atoms with E-state index in [9.17, 15) is 9.59 Å². The van der Waals surface area contributed by atoms with Crippen LogP contribution in [0.2, 0.25) is 15.1 Å². The van der Waals surface area contributed by atoms with Gasteiger partial charge in [-0.3, -0.25) is 9.59 Å². The summed E-state index contributed by atoms with van der Waals surface area (Å²) in [6, 6.07) is 11.9. The predicted molar refractivity (Wildman–Crippen MR) is 97.0 cm³/mol. The van der Waals surface area contributed by atoms with Gasteiger partial charge in [0.1, 0.15) is 0 Å². The molecule has 1 fully saturated rings. The van der Waals surface area contributed by atoms with Gasteiger partial charge in [0, 0.05) is 23.7 Å². The second-order valence-corrected chi connectivity index (χ2v) is 6.70. The van der Waals surface area contributed by atoms with Gasteiger partial charge in [0.05, 0.1) is 21.7 Å². The summed E-state index contributed by atoms with van der Waals surface area (Å²) >= 11 is 18.1. The van der Waals surface area contributed by atoms with E-state index in [1.807, 2.05) is 0 Å². The summed E-state index contributed by atoms with van der Waals surface area (Å²) in [4.78, 5) is 26.2. The number of rotatable bonds is 3. The summed E-state index contributed by atoms with van der Waals surface area (Å²) in [6.07, 6.45) is 0.120. The van der Waals surface area contributed by atoms with E-state index in [2.05, 4.69) is 5.32 Å². The number of anilines is 2. The molecule has 0 aromatic heterocycles. The zero-order valence-corrected chi connectivity index (χ0v) is 14.7. The van der Waals surface area contributed by atoms with E-state index in [1.165, 1.54) is 4.90 Å². The van der Waals surface area contributed by atoms with Crippen LogP contribution in [-0.4, -0.2) is 18.4 Å². The molecule has 0 saturated carbocycles. The summed E-state index contributed by atoms with van der Waals surface area (Å²) in [7, 11) is 0. The highest BCUT2D eigenvalue weighted by Gasteiger charge is 2.36. The van der Waals surface area contributed by atoms with Gasteiger partial charge in [0.25, 0.3) is 0 Å². The van der Waals surface area contributed by atoms with E-state index >= 15 is 0 Å². The second-order valence-electron chi connectivity index (χ2n) is 5.48. The van der Waals surface area contributed by atoms with Crippen molar-refractivity contribution in [1.82, 2.24) is 0 Å². The largest absolute Gasteiger partial charge is 0.326 e. The average molecular weight is 384 g/mol. The molecule has 24 heavy (non-hydrogen) atoms. The fourth-order valence-corrected chi connectivity index (χ4v) is 3.22. The molecule has 3 rings (SSSR count). The highest BCUT2D eigenvalue weighted by Crippen LogP contribution is 2.35. The van der Waals surface area contributed by atoms with Crippen molar-refractivity contribution in [2.45, 2.75) is 6.42 Å². The van der Waals surface area contributed by atoms with Crippen LogP contribution in [0.4, 0.5) is 11.4 Å². The minimum absolute atomic E-state index is 0.120. The number of benzene rings is 2. The summed E-state index contributed by atoms with van der Waals surface area (Å²) in [5.41, 5.74) is 1.12. The Morgan fingerprint density at radius 3 is 2.62 bits per heavy atom. The fourth-order valence-electron chi connectivity index (χ4n) is 2.63. The normalized spacial score (nSPS) is 17.2. The molecule has 0 bridgehead atoms. The molecule has 4 nitrogen and oxygen atoms in total. The number of amides is 2. The van der Waals surface area contributed by atoms with E-state index in [4.69, 9.17) is 34.8 Å². The standard InChI is InChI=1S/C17H13Cl3N2O2/c18-11-3-1-4-12(8-11)21-17(24)10-7-15(23)22(9-10)14-6-2-5-13(19)16(14)20/h1-6,8,10H,7,9H2,(H,21,24). The van der Waals surface area contributed by atoms with Crippen molar-refractivity contribution in [3.8, 4) is 0 Å². The summed E-state index contributed by atoms with van der Waals surface area (Å²) < 4.78 is 0. The molecular formula is C17H13Cl3N2O2. The highest BCUT2D eigenvalue weighted by molar-refractivity contribution is 6.44. The molecule has 124 valence electrons. The van der Waals surface area contributed by atoms with E-state index in [0.717, 1.165) is 0 Å². The maximum Gasteiger partial charge on any atom is 0.229 e. The Balaban J connectivity index is 1.74. The maximum absolute atomic E-state index is 12.4. The summed E-state index contributed by atoms with van der Waals surface area (Å²) in [6.45, 7) is 0.255. The number of halogens is 3. The smallest absolute Gasteiger partial charge is 0.229 e. The number of nitrogens with one attached hydrogen (secondary N) is 1. The lowest BCUT2D eigenvalue weighted by Crippen LogP contribution is -2.28. The van der Waals surface area contributed by atoms with E-state index in [1.54, 1.807) is 42.5 Å². The van der Waals surface area contributed by atoms with Crippen LogP contribution in [0.15, 0.2) is 42.5 Å². The lowest BCUT2D eigenvalue weighted by atomic mass is 10.1. The number of hydrogen-bond acceptors (Lipinski definition) is 2. The van der Waals surface area contributed by atoms with Crippen LogP contribution in [0.3, 0.4) is 0 Å². The van der Waals surface area contributed by atoms with Gasteiger partial charge in [-0.25, -0.2) is 0 Å². The van der Waals surface area contributed by atoms with Gasteiger partial charge in [-0.2, -0.15) is 0 Å². The van der Waals surface area contributed by atoms with Crippen molar-refractivity contribution in [1.29, 1.82) is 0 Å². The molecule has 1 atom stereocenters.